The molecule has 2 unspecified atom stereocenters. The van der Waals surface area contributed by atoms with Gasteiger partial charge in [0, 0.05) is 17.6 Å². The third kappa shape index (κ3) is 5.43. The van der Waals surface area contributed by atoms with E-state index in [1.807, 2.05) is 26.0 Å². The SMILES string of the molecule is CCCCC(O)C(C(=O)N[C@H](C)Cc1cn(C(=O)O)c2ccccc12)c1ccc2c(c1)OCCO2. The van der Waals surface area contributed by atoms with Crippen LogP contribution in [0.4, 0.5) is 4.79 Å². The van der Waals surface area contributed by atoms with Crippen LogP contribution in [0.3, 0.4) is 0 Å². The Kier molecular flexibility index (Phi) is 7.60. The van der Waals surface area contributed by atoms with Crippen LogP contribution in [0.1, 0.15) is 50.2 Å². The first kappa shape index (κ1) is 24.6. The van der Waals surface area contributed by atoms with Gasteiger partial charge in [-0.3, -0.25) is 9.36 Å². The van der Waals surface area contributed by atoms with Crippen molar-refractivity contribution in [2.75, 3.05) is 13.2 Å². The van der Waals surface area contributed by atoms with Crippen molar-refractivity contribution in [3.8, 4) is 11.5 Å². The molecule has 0 aliphatic carbocycles. The summed E-state index contributed by atoms with van der Waals surface area (Å²) in [7, 11) is 0. The van der Waals surface area contributed by atoms with Gasteiger partial charge in [0.1, 0.15) is 13.2 Å². The summed E-state index contributed by atoms with van der Waals surface area (Å²) in [6.45, 7) is 4.84. The number of amides is 1. The highest BCUT2D eigenvalue weighted by atomic mass is 16.6. The van der Waals surface area contributed by atoms with Gasteiger partial charge in [0.25, 0.3) is 0 Å². The number of aliphatic hydroxyl groups excluding tert-OH is 1. The van der Waals surface area contributed by atoms with Gasteiger partial charge in [-0.1, -0.05) is 44.0 Å². The molecule has 3 N–H and O–H groups in total. The molecule has 0 saturated carbocycles. The molecule has 3 aromatic rings. The van der Waals surface area contributed by atoms with Gasteiger partial charge in [-0.25, -0.2) is 4.79 Å². The summed E-state index contributed by atoms with van der Waals surface area (Å²) in [6.07, 6.45) is 2.37. The topological polar surface area (TPSA) is 110 Å². The Morgan fingerprint density at radius 1 is 1.11 bits per heavy atom. The molecule has 1 aliphatic heterocycles. The van der Waals surface area contributed by atoms with E-state index >= 15 is 0 Å². The van der Waals surface area contributed by atoms with Gasteiger partial charge in [0.2, 0.25) is 5.91 Å². The van der Waals surface area contributed by atoms with E-state index in [2.05, 4.69) is 5.32 Å². The molecular formula is C27H32N2O6. The van der Waals surface area contributed by atoms with Crippen molar-refractivity contribution in [3.63, 3.8) is 0 Å². The van der Waals surface area contributed by atoms with Crippen molar-refractivity contribution in [1.82, 2.24) is 9.88 Å². The molecular weight excluding hydrogens is 448 g/mol. The second-order valence-electron chi connectivity index (χ2n) is 9.03. The lowest BCUT2D eigenvalue weighted by Crippen LogP contribution is -2.41. The van der Waals surface area contributed by atoms with Crippen molar-refractivity contribution in [3.05, 3.63) is 59.8 Å². The number of rotatable bonds is 9. The number of unbranched alkanes of at least 4 members (excludes halogenated alkanes) is 1. The van der Waals surface area contributed by atoms with Gasteiger partial charge in [-0.05, 0) is 49.1 Å². The molecule has 2 heterocycles. The number of benzene rings is 2. The maximum Gasteiger partial charge on any atom is 0.416 e. The van der Waals surface area contributed by atoms with Crippen LogP contribution in [0.5, 0.6) is 11.5 Å². The molecule has 0 fully saturated rings. The second-order valence-corrected chi connectivity index (χ2v) is 9.03. The zero-order valence-corrected chi connectivity index (χ0v) is 20.1. The Hall–Kier alpha value is -3.52. The summed E-state index contributed by atoms with van der Waals surface area (Å²) in [5, 5.41) is 24.4. The van der Waals surface area contributed by atoms with Crippen LogP contribution in [0.25, 0.3) is 10.9 Å². The minimum Gasteiger partial charge on any atom is -0.486 e. The highest BCUT2D eigenvalue weighted by molar-refractivity contribution is 5.91. The molecule has 35 heavy (non-hydrogen) atoms. The molecule has 3 atom stereocenters. The number of carbonyl (C=O) groups excluding carboxylic acids is 1. The summed E-state index contributed by atoms with van der Waals surface area (Å²) >= 11 is 0. The Morgan fingerprint density at radius 3 is 2.60 bits per heavy atom. The van der Waals surface area contributed by atoms with Gasteiger partial charge in [-0.15, -0.1) is 0 Å². The van der Waals surface area contributed by atoms with E-state index < -0.39 is 18.1 Å². The molecule has 4 rings (SSSR count). The predicted molar refractivity (Wildman–Crippen MR) is 132 cm³/mol. The Morgan fingerprint density at radius 2 is 1.86 bits per heavy atom. The summed E-state index contributed by atoms with van der Waals surface area (Å²) in [4.78, 5) is 25.1. The Bertz CT molecular complexity index is 1200. The summed E-state index contributed by atoms with van der Waals surface area (Å²) < 4.78 is 12.5. The number of fused-ring (bicyclic) bond motifs is 2. The van der Waals surface area contributed by atoms with Crippen molar-refractivity contribution >= 4 is 22.9 Å². The van der Waals surface area contributed by atoms with Crippen LogP contribution in [0.2, 0.25) is 0 Å². The van der Waals surface area contributed by atoms with Crippen LogP contribution in [-0.4, -0.2) is 52.1 Å². The van der Waals surface area contributed by atoms with Gasteiger partial charge < -0.3 is 25.0 Å². The van der Waals surface area contributed by atoms with E-state index in [1.54, 1.807) is 36.5 Å². The molecule has 0 spiro atoms. The summed E-state index contributed by atoms with van der Waals surface area (Å²) in [5.41, 5.74) is 2.11. The van der Waals surface area contributed by atoms with Crippen LogP contribution >= 0.6 is 0 Å². The van der Waals surface area contributed by atoms with E-state index in [9.17, 15) is 19.8 Å². The zero-order chi connectivity index (χ0) is 24.9. The van der Waals surface area contributed by atoms with Gasteiger partial charge in [0.05, 0.1) is 17.5 Å². The van der Waals surface area contributed by atoms with Crippen molar-refractivity contribution < 1.29 is 29.3 Å². The lowest BCUT2D eigenvalue weighted by molar-refractivity contribution is -0.125. The maximum atomic E-state index is 13.5. The molecule has 1 aliphatic rings. The standard InChI is InChI=1S/C27H32N2O6/c1-3-4-9-22(30)25(18-10-11-23-24(15-18)35-13-12-34-23)26(31)28-17(2)14-19-16-29(27(32)33)21-8-6-5-7-20(19)21/h5-8,10-11,15-17,22,25,30H,3-4,9,12-14H2,1-2H3,(H,28,31)(H,32,33)/t17-,22?,25?/m1/s1. The zero-order valence-electron chi connectivity index (χ0n) is 20.1. The van der Waals surface area contributed by atoms with E-state index in [-0.39, 0.29) is 11.9 Å². The fourth-order valence-corrected chi connectivity index (χ4v) is 4.67. The minimum atomic E-state index is -1.05. The number of carbonyl (C=O) groups is 2. The Labute approximate surface area is 204 Å². The highest BCUT2D eigenvalue weighted by Crippen LogP contribution is 2.35. The summed E-state index contributed by atoms with van der Waals surface area (Å²) in [6, 6.07) is 12.4. The molecule has 0 radical (unpaired) electrons. The van der Waals surface area contributed by atoms with E-state index in [0.29, 0.717) is 48.6 Å². The smallest absolute Gasteiger partial charge is 0.416 e. The molecule has 8 heteroatoms. The number of para-hydroxylation sites is 1. The fourth-order valence-electron chi connectivity index (χ4n) is 4.67. The largest absolute Gasteiger partial charge is 0.486 e. The van der Waals surface area contributed by atoms with Crippen molar-refractivity contribution in [1.29, 1.82) is 0 Å². The first-order chi connectivity index (χ1) is 16.9. The molecule has 2 aromatic carbocycles. The molecule has 186 valence electrons. The first-order valence-corrected chi connectivity index (χ1v) is 12.1. The van der Waals surface area contributed by atoms with Gasteiger partial charge in [0.15, 0.2) is 11.5 Å². The molecule has 0 saturated heterocycles. The molecule has 1 amide bonds. The number of carboxylic acid groups (broad SMARTS) is 1. The molecule has 0 bridgehead atoms. The number of hydrogen-bond donors (Lipinski definition) is 3. The highest BCUT2D eigenvalue weighted by Gasteiger charge is 2.30. The number of hydrogen-bond acceptors (Lipinski definition) is 5. The monoisotopic (exact) mass is 480 g/mol. The van der Waals surface area contributed by atoms with Crippen LogP contribution in [0, 0.1) is 0 Å². The number of aliphatic hydroxyl groups is 1. The number of nitrogens with zero attached hydrogens (tertiary/aromatic N) is 1. The third-order valence-electron chi connectivity index (χ3n) is 6.36. The van der Waals surface area contributed by atoms with Crippen LogP contribution in [0.15, 0.2) is 48.7 Å². The van der Waals surface area contributed by atoms with Gasteiger partial charge in [-0.2, -0.15) is 0 Å². The third-order valence-corrected chi connectivity index (χ3v) is 6.36. The predicted octanol–water partition coefficient (Wildman–Crippen LogP) is 4.32. The lowest BCUT2D eigenvalue weighted by atomic mass is 9.89. The van der Waals surface area contributed by atoms with Crippen LogP contribution in [-0.2, 0) is 11.2 Å². The molecule has 1 aromatic heterocycles. The van der Waals surface area contributed by atoms with E-state index in [4.69, 9.17) is 9.47 Å². The maximum absolute atomic E-state index is 13.5. The quantitative estimate of drug-likeness (QED) is 0.421. The second kappa shape index (κ2) is 10.8. The summed E-state index contributed by atoms with van der Waals surface area (Å²) in [5.74, 6) is 0.161. The molecule has 8 nitrogen and oxygen atoms in total. The minimum absolute atomic E-state index is 0.278. The number of ether oxygens (including phenoxy) is 2. The van der Waals surface area contributed by atoms with E-state index in [0.717, 1.165) is 23.8 Å². The van der Waals surface area contributed by atoms with Crippen molar-refractivity contribution in [2.24, 2.45) is 0 Å². The number of nitrogens with one attached hydrogen (secondary N) is 1. The normalized spacial score (nSPS) is 15.4. The number of aromatic nitrogens is 1. The van der Waals surface area contributed by atoms with Gasteiger partial charge >= 0.3 is 6.09 Å². The lowest BCUT2D eigenvalue weighted by Gasteiger charge is -2.26. The first-order valence-electron chi connectivity index (χ1n) is 12.1. The average Bonchev–Trinajstić information content (AvgIpc) is 3.21. The van der Waals surface area contributed by atoms with E-state index in [1.165, 1.54) is 4.57 Å². The fraction of sp³-hybridized carbons (Fsp3) is 0.407. The van der Waals surface area contributed by atoms with Crippen LogP contribution < -0.4 is 14.8 Å². The Balaban J connectivity index is 1.55. The van der Waals surface area contributed by atoms with Crippen molar-refractivity contribution in [2.45, 2.75) is 57.6 Å². The average molecular weight is 481 g/mol.